The van der Waals surface area contributed by atoms with Crippen molar-refractivity contribution < 1.29 is 0 Å². The summed E-state index contributed by atoms with van der Waals surface area (Å²) in [7, 11) is 4.43. The first-order valence-corrected chi connectivity index (χ1v) is 8.04. The van der Waals surface area contributed by atoms with Crippen LogP contribution in [0.15, 0.2) is 0 Å². The lowest BCUT2D eigenvalue weighted by Crippen LogP contribution is -2.44. The predicted molar refractivity (Wildman–Crippen MR) is 82.2 cm³/mol. The molecule has 2 aliphatic rings. The zero-order valence-electron chi connectivity index (χ0n) is 13.4. The van der Waals surface area contributed by atoms with Gasteiger partial charge in [0.05, 0.1) is 0 Å². The largest absolute Gasteiger partial charge is 0.330 e. The van der Waals surface area contributed by atoms with Gasteiger partial charge >= 0.3 is 0 Å². The third kappa shape index (κ3) is 3.50. The number of likely N-dealkylation sites (N-methyl/N-ethyl adjacent to an activating group) is 1. The Hall–Kier alpha value is -0.120. The Kier molecular flexibility index (Phi) is 4.91. The highest BCUT2D eigenvalue weighted by Gasteiger charge is 2.38. The predicted octanol–water partition coefficient (Wildman–Crippen LogP) is 2.02. The Bertz CT molecular complexity index is 282. The van der Waals surface area contributed by atoms with Gasteiger partial charge < -0.3 is 15.5 Å². The van der Waals surface area contributed by atoms with Gasteiger partial charge in [0.25, 0.3) is 0 Å². The van der Waals surface area contributed by atoms with E-state index >= 15 is 0 Å². The zero-order valence-corrected chi connectivity index (χ0v) is 13.4. The van der Waals surface area contributed by atoms with E-state index in [2.05, 4.69) is 37.7 Å². The van der Waals surface area contributed by atoms with E-state index in [-0.39, 0.29) is 0 Å². The zero-order chi connectivity index (χ0) is 14.0. The summed E-state index contributed by atoms with van der Waals surface area (Å²) in [5, 5.41) is 0. The van der Waals surface area contributed by atoms with Gasteiger partial charge in [0, 0.05) is 25.7 Å². The van der Waals surface area contributed by atoms with E-state index in [0.29, 0.717) is 5.41 Å². The molecule has 1 saturated heterocycles. The van der Waals surface area contributed by atoms with Gasteiger partial charge in [-0.15, -0.1) is 0 Å². The van der Waals surface area contributed by atoms with E-state index < -0.39 is 0 Å². The Morgan fingerprint density at radius 3 is 2.26 bits per heavy atom. The Morgan fingerprint density at radius 2 is 1.79 bits per heavy atom. The number of rotatable bonds is 4. The molecule has 2 rings (SSSR count). The monoisotopic (exact) mass is 267 g/mol. The summed E-state index contributed by atoms with van der Waals surface area (Å²) in [6.07, 6.45) is 5.42. The number of hydrogen-bond acceptors (Lipinski definition) is 3. The quantitative estimate of drug-likeness (QED) is 0.846. The molecule has 1 heterocycles. The minimum Gasteiger partial charge on any atom is -0.330 e. The summed E-state index contributed by atoms with van der Waals surface area (Å²) in [5.74, 6) is 1.69. The van der Waals surface area contributed by atoms with Gasteiger partial charge in [-0.1, -0.05) is 26.7 Å². The molecule has 3 heteroatoms. The summed E-state index contributed by atoms with van der Waals surface area (Å²) >= 11 is 0. The maximum Gasteiger partial charge on any atom is 0.0254 e. The Morgan fingerprint density at radius 1 is 1.16 bits per heavy atom. The SMILES string of the molecule is CC1CCC(CN)(CN2CC(C)C(N(C)C)C2)CC1. The number of nitrogens with two attached hydrogens (primary N) is 1. The molecule has 1 saturated carbocycles. The fourth-order valence-corrected chi connectivity index (χ4v) is 4.12. The Labute approximate surface area is 119 Å². The van der Waals surface area contributed by atoms with Crippen molar-refractivity contribution in [2.75, 3.05) is 40.3 Å². The molecule has 2 fully saturated rings. The molecule has 0 amide bonds. The minimum atomic E-state index is 0.410. The number of likely N-dealkylation sites (tertiary alicyclic amines) is 1. The average Bonchev–Trinajstić information content (AvgIpc) is 2.73. The van der Waals surface area contributed by atoms with Gasteiger partial charge in [-0.25, -0.2) is 0 Å². The standard InChI is InChI=1S/C16H33N3/c1-13-5-7-16(11-17,8-6-13)12-19-9-14(2)15(10-19)18(3)4/h13-15H,5-12,17H2,1-4H3. The summed E-state index contributed by atoms with van der Waals surface area (Å²) in [6, 6.07) is 0.720. The highest BCUT2D eigenvalue weighted by molar-refractivity contribution is 4.93. The maximum atomic E-state index is 6.15. The Balaban J connectivity index is 1.93. The van der Waals surface area contributed by atoms with Crippen molar-refractivity contribution in [3.05, 3.63) is 0 Å². The van der Waals surface area contributed by atoms with Crippen LogP contribution in [0, 0.1) is 17.3 Å². The second kappa shape index (κ2) is 6.11. The third-order valence-electron chi connectivity index (χ3n) is 5.64. The lowest BCUT2D eigenvalue weighted by molar-refractivity contribution is 0.103. The molecular weight excluding hydrogens is 234 g/mol. The first-order chi connectivity index (χ1) is 8.96. The van der Waals surface area contributed by atoms with E-state index in [9.17, 15) is 0 Å². The maximum absolute atomic E-state index is 6.15. The van der Waals surface area contributed by atoms with Crippen LogP contribution in [0.5, 0.6) is 0 Å². The van der Waals surface area contributed by atoms with E-state index in [1.807, 2.05) is 0 Å². The lowest BCUT2D eigenvalue weighted by atomic mass is 9.70. The molecule has 2 N–H and O–H groups in total. The van der Waals surface area contributed by atoms with Crippen LogP contribution in [-0.4, -0.2) is 56.1 Å². The number of nitrogens with zero attached hydrogens (tertiary/aromatic N) is 2. The normalized spacial score (nSPS) is 41.1. The fraction of sp³-hybridized carbons (Fsp3) is 1.00. The van der Waals surface area contributed by atoms with Gasteiger partial charge in [-0.2, -0.15) is 0 Å². The van der Waals surface area contributed by atoms with Gasteiger partial charge in [-0.3, -0.25) is 0 Å². The molecule has 2 unspecified atom stereocenters. The summed E-state index contributed by atoms with van der Waals surface area (Å²) in [5.41, 5.74) is 6.56. The molecule has 2 atom stereocenters. The molecule has 1 aliphatic heterocycles. The van der Waals surface area contributed by atoms with Gasteiger partial charge in [0.15, 0.2) is 0 Å². The summed E-state index contributed by atoms with van der Waals surface area (Å²) < 4.78 is 0. The summed E-state index contributed by atoms with van der Waals surface area (Å²) in [6.45, 7) is 9.36. The van der Waals surface area contributed by atoms with Crippen LogP contribution in [0.25, 0.3) is 0 Å². The topological polar surface area (TPSA) is 32.5 Å². The van der Waals surface area contributed by atoms with Gasteiger partial charge in [0.2, 0.25) is 0 Å². The van der Waals surface area contributed by atoms with Crippen molar-refractivity contribution >= 4 is 0 Å². The molecule has 19 heavy (non-hydrogen) atoms. The molecule has 0 aromatic heterocycles. The molecule has 3 nitrogen and oxygen atoms in total. The van der Waals surface area contributed by atoms with E-state index in [4.69, 9.17) is 5.73 Å². The van der Waals surface area contributed by atoms with Crippen molar-refractivity contribution in [1.29, 1.82) is 0 Å². The molecule has 1 aliphatic carbocycles. The van der Waals surface area contributed by atoms with Crippen molar-refractivity contribution in [3.63, 3.8) is 0 Å². The van der Waals surface area contributed by atoms with E-state index in [1.54, 1.807) is 0 Å². The van der Waals surface area contributed by atoms with Crippen LogP contribution in [0.3, 0.4) is 0 Å². The molecule has 0 spiro atoms. The minimum absolute atomic E-state index is 0.410. The fourth-order valence-electron chi connectivity index (χ4n) is 4.12. The highest BCUT2D eigenvalue weighted by atomic mass is 15.2. The van der Waals surface area contributed by atoms with Crippen LogP contribution < -0.4 is 5.73 Å². The molecule has 0 bridgehead atoms. The first-order valence-electron chi connectivity index (χ1n) is 8.04. The lowest BCUT2D eigenvalue weighted by Gasteiger charge is -2.41. The van der Waals surface area contributed by atoms with E-state index in [0.717, 1.165) is 24.4 Å². The highest BCUT2D eigenvalue weighted by Crippen LogP contribution is 2.39. The third-order valence-corrected chi connectivity index (χ3v) is 5.64. The first kappa shape index (κ1) is 15.3. The van der Waals surface area contributed by atoms with Crippen LogP contribution in [0.4, 0.5) is 0 Å². The number of hydrogen-bond donors (Lipinski definition) is 1. The molecule has 0 aromatic carbocycles. The molecular formula is C16H33N3. The van der Waals surface area contributed by atoms with Crippen molar-refractivity contribution in [2.24, 2.45) is 23.0 Å². The van der Waals surface area contributed by atoms with Crippen molar-refractivity contribution in [1.82, 2.24) is 9.80 Å². The summed E-state index contributed by atoms with van der Waals surface area (Å²) in [4.78, 5) is 5.07. The van der Waals surface area contributed by atoms with Gasteiger partial charge in [-0.05, 0) is 50.7 Å². The molecule has 0 aromatic rings. The molecule has 0 radical (unpaired) electrons. The van der Waals surface area contributed by atoms with Crippen LogP contribution in [0.2, 0.25) is 0 Å². The van der Waals surface area contributed by atoms with Gasteiger partial charge in [0.1, 0.15) is 0 Å². The second-order valence-electron chi connectivity index (χ2n) is 7.59. The smallest absolute Gasteiger partial charge is 0.0254 e. The second-order valence-corrected chi connectivity index (χ2v) is 7.59. The van der Waals surface area contributed by atoms with Crippen LogP contribution in [0.1, 0.15) is 39.5 Å². The average molecular weight is 267 g/mol. The molecule has 112 valence electrons. The van der Waals surface area contributed by atoms with E-state index in [1.165, 1.54) is 45.3 Å². The van der Waals surface area contributed by atoms with Crippen LogP contribution >= 0.6 is 0 Å². The van der Waals surface area contributed by atoms with Crippen molar-refractivity contribution in [3.8, 4) is 0 Å². The van der Waals surface area contributed by atoms with Crippen molar-refractivity contribution in [2.45, 2.75) is 45.6 Å². The van der Waals surface area contributed by atoms with Crippen LogP contribution in [-0.2, 0) is 0 Å².